The molecule has 4 nitrogen and oxygen atoms in total. The van der Waals surface area contributed by atoms with E-state index in [0.717, 1.165) is 24.9 Å². The van der Waals surface area contributed by atoms with Crippen LogP contribution >= 0.6 is 0 Å². The van der Waals surface area contributed by atoms with E-state index in [1.54, 1.807) is 23.4 Å². The van der Waals surface area contributed by atoms with Gasteiger partial charge in [0.15, 0.2) is 0 Å². The summed E-state index contributed by atoms with van der Waals surface area (Å²) in [5, 5.41) is 3.37. The van der Waals surface area contributed by atoms with Gasteiger partial charge in [-0.15, -0.1) is 0 Å². The average molecular weight is 314 g/mol. The van der Waals surface area contributed by atoms with Crippen molar-refractivity contribution < 1.29 is 12.8 Å². The van der Waals surface area contributed by atoms with E-state index < -0.39 is 10.0 Å². The number of sulfonamides is 1. The van der Waals surface area contributed by atoms with Gasteiger partial charge in [0.05, 0.1) is 5.75 Å². The first-order valence-corrected chi connectivity index (χ1v) is 9.05. The monoisotopic (exact) mass is 314 g/mol. The fraction of sp³-hybridized carbons (Fsp3) is 0.600. The lowest BCUT2D eigenvalue weighted by molar-refractivity contribution is 0.267. The normalized spacial score (nSPS) is 18.0. The van der Waals surface area contributed by atoms with Gasteiger partial charge in [-0.2, -0.15) is 0 Å². The molecule has 118 valence electrons. The van der Waals surface area contributed by atoms with Gasteiger partial charge < -0.3 is 5.32 Å². The minimum Gasteiger partial charge on any atom is -0.312 e. The molecule has 0 saturated carbocycles. The number of hydrogen-bond acceptors (Lipinski definition) is 3. The Morgan fingerprint density at radius 2 is 1.86 bits per heavy atom. The van der Waals surface area contributed by atoms with Gasteiger partial charge in [0.25, 0.3) is 0 Å². The second-order valence-electron chi connectivity index (χ2n) is 5.50. The third-order valence-electron chi connectivity index (χ3n) is 4.01. The summed E-state index contributed by atoms with van der Waals surface area (Å²) < 4.78 is 37.9. The average Bonchev–Trinajstić information content (AvgIpc) is 2.50. The van der Waals surface area contributed by atoms with Gasteiger partial charge in [-0.1, -0.05) is 12.1 Å². The van der Waals surface area contributed by atoms with Gasteiger partial charge in [0.2, 0.25) is 10.0 Å². The molecule has 0 aliphatic carbocycles. The maximum Gasteiger partial charge on any atom is 0.213 e. The molecule has 0 spiro atoms. The zero-order valence-corrected chi connectivity index (χ0v) is 13.2. The molecule has 21 heavy (non-hydrogen) atoms. The van der Waals surface area contributed by atoms with E-state index >= 15 is 0 Å². The summed E-state index contributed by atoms with van der Waals surface area (Å²) in [5.74, 6) is 0.470. The van der Waals surface area contributed by atoms with Crippen LogP contribution in [0.15, 0.2) is 24.3 Å². The molecule has 1 N–H and O–H groups in total. The van der Waals surface area contributed by atoms with Crippen molar-refractivity contribution >= 4 is 10.0 Å². The summed E-state index contributed by atoms with van der Waals surface area (Å²) in [6, 6.07) is 6.48. The number of nitrogens with zero attached hydrogens (tertiary/aromatic N) is 1. The number of nitrogens with one attached hydrogen (secondary N) is 1. The molecular formula is C15H23FN2O2S. The van der Waals surface area contributed by atoms with Crippen molar-refractivity contribution in [1.29, 1.82) is 0 Å². The number of halogens is 1. The van der Waals surface area contributed by atoms with Crippen molar-refractivity contribution in [1.82, 2.24) is 9.62 Å². The molecule has 2 rings (SSSR count). The standard InChI is InChI=1S/C15H23FN2O2S/c1-2-21(19,20)18-9-7-14(8-10-18)12-17-11-13-3-5-15(16)6-4-13/h3-6,14,17H,2,7-12H2,1H3. The Morgan fingerprint density at radius 3 is 2.43 bits per heavy atom. The lowest BCUT2D eigenvalue weighted by atomic mass is 9.98. The van der Waals surface area contributed by atoms with Crippen molar-refractivity contribution in [3.63, 3.8) is 0 Å². The van der Waals surface area contributed by atoms with Crippen LogP contribution in [0.25, 0.3) is 0 Å². The Balaban J connectivity index is 1.71. The van der Waals surface area contributed by atoms with Gasteiger partial charge in [0, 0.05) is 19.6 Å². The van der Waals surface area contributed by atoms with E-state index in [4.69, 9.17) is 0 Å². The molecule has 0 amide bonds. The van der Waals surface area contributed by atoms with Crippen molar-refractivity contribution in [2.45, 2.75) is 26.3 Å². The van der Waals surface area contributed by atoms with Crippen LogP contribution in [-0.2, 0) is 16.6 Å². The zero-order valence-electron chi connectivity index (χ0n) is 12.4. The first kappa shape index (κ1) is 16.4. The van der Waals surface area contributed by atoms with E-state index in [9.17, 15) is 12.8 Å². The lowest BCUT2D eigenvalue weighted by Gasteiger charge is -2.31. The first-order valence-electron chi connectivity index (χ1n) is 7.44. The quantitative estimate of drug-likeness (QED) is 0.873. The molecule has 1 aliphatic rings. The highest BCUT2D eigenvalue weighted by Gasteiger charge is 2.26. The van der Waals surface area contributed by atoms with Crippen LogP contribution in [0.2, 0.25) is 0 Å². The Kier molecular flexibility index (Phi) is 5.72. The van der Waals surface area contributed by atoms with Gasteiger partial charge in [-0.3, -0.25) is 0 Å². The highest BCUT2D eigenvalue weighted by atomic mass is 32.2. The number of piperidine rings is 1. The molecule has 1 fully saturated rings. The van der Waals surface area contributed by atoms with Crippen LogP contribution < -0.4 is 5.32 Å². The molecule has 1 aliphatic heterocycles. The number of rotatable bonds is 6. The lowest BCUT2D eigenvalue weighted by Crippen LogP contribution is -2.41. The second kappa shape index (κ2) is 7.33. The molecule has 0 aromatic heterocycles. The summed E-state index contributed by atoms with van der Waals surface area (Å²) in [4.78, 5) is 0. The summed E-state index contributed by atoms with van der Waals surface area (Å²) in [6.45, 7) is 4.52. The van der Waals surface area contributed by atoms with E-state index in [2.05, 4.69) is 5.32 Å². The van der Waals surface area contributed by atoms with E-state index in [0.29, 0.717) is 25.6 Å². The summed E-state index contributed by atoms with van der Waals surface area (Å²) in [7, 11) is -3.03. The van der Waals surface area contributed by atoms with Crippen molar-refractivity contribution in [3.05, 3.63) is 35.6 Å². The molecule has 1 heterocycles. The molecular weight excluding hydrogens is 291 g/mol. The third-order valence-corrected chi connectivity index (χ3v) is 5.89. The molecule has 1 saturated heterocycles. The smallest absolute Gasteiger partial charge is 0.213 e. The Bertz CT molecular complexity index is 537. The molecule has 0 atom stereocenters. The van der Waals surface area contributed by atoms with Crippen molar-refractivity contribution in [2.24, 2.45) is 5.92 Å². The van der Waals surface area contributed by atoms with E-state index in [1.165, 1.54) is 12.1 Å². The highest BCUT2D eigenvalue weighted by molar-refractivity contribution is 7.89. The molecule has 1 aromatic carbocycles. The predicted molar refractivity (Wildman–Crippen MR) is 81.9 cm³/mol. The fourth-order valence-electron chi connectivity index (χ4n) is 2.60. The zero-order chi connectivity index (χ0) is 15.3. The van der Waals surface area contributed by atoms with Gasteiger partial charge in [-0.05, 0) is 49.9 Å². The highest BCUT2D eigenvalue weighted by Crippen LogP contribution is 2.19. The summed E-state index contributed by atoms with van der Waals surface area (Å²) >= 11 is 0. The molecule has 1 aromatic rings. The minimum atomic E-state index is -3.03. The van der Waals surface area contributed by atoms with Crippen molar-refractivity contribution in [2.75, 3.05) is 25.4 Å². The van der Waals surface area contributed by atoms with Crippen LogP contribution in [0.1, 0.15) is 25.3 Å². The van der Waals surface area contributed by atoms with E-state index in [1.807, 2.05) is 0 Å². The maximum absolute atomic E-state index is 12.8. The third kappa shape index (κ3) is 4.76. The topological polar surface area (TPSA) is 49.4 Å². The van der Waals surface area contributed by atoms with Gasteiger partial charge >= 0.3 is 0 Å². The first-order chi connectivity index (χ1) is 10.0. The SMILES string of the molecule is CCS(=O)(=O)N1CCC(CNCc2ccc(F)cc2)CC1. The largest absolute Gasteiger partial charge is 0.312 e. The number of benzene rings is 1. The van der Waals surface area contributed by atoms with Crippen LogP contribution in [-0.4, -0.2) is 38.1 Å². The minimum absolute atomic E-state index is 0.181. The van der Waals surface area contributed by atoms with Crippen LogP contribution in [0, 0.1) is 11.7 Å². The van der Waals surface area contributed by atoms with Crippen LogP contribution in [0.3, 0.4) is 0 Å². The van der Waals surface area contributed by atoms with Crippen LogP contribution in [0.5, 0.6) is 0 Å². The Labute approximate surface area is 126 Å². The fourth-order valence-corrected chi connectivity index (χ4v) is 3.73. The Morgan fingerprint density at radius 1 is 1.24 bits per heavy atom. The summed E-state index contributed by atoms with van der Waals surface area (Å²) in [6.07, 6.45) is 1.80. The second-order valence-corrected chi connectivity index (χ2v) is 7.76. The Hall–Kier alpha value is -0.980. The summed E-state index contributed by atoms with van der Waals surface area (Å²) in [5.41, 5.74) is 1.06. The predicted octanol–water partition coefficient (Wildman–Crippen LogP) is 1.98. The molecule has 0 bridgehead atoms. The maximum atomic E-state index is 12.8. The number of hydrogen-bond donors (Lipinski definition) is 1. The molecule has 0 unspecified atom stereocenters. The van der Waals surface area contributed by atoms with Gasteiger partial charge in [0.1, 0.15) is 5.82 Å². The van der Waals surface area contributed by atoms with Crippen LogP contribution in [0.4, 0.5) is 4.39 Å². The molecule has 6 heteroatoms. The molecule has 0 radical (unpaired) electrons. The van der Waals surface area contributed by atoms with Crippen molar-refractivity contribution in [3.8, 4) is 0 Å². The van der Waals surface area contributed by atoms with E-state index in [-0.39, 0.29) is 11.6 Å². The van der Waals surface area contributed by atoms with Gasteiger partial charge in [-0.25, -0.2) is 17.1 Å².